The fraction of sp³-hybridized carbons (Fsp3) is 0.550. The number of ether oxygens (including phenoxy) is 1. The predicted molar refractivity (Wildman–Crippen MR) is 117 cm³/mol. The number of fused-ring (bicyclic) bond motifs is 1. The molecule has 13 heteroatoms. The van der Waals surface area contributed by atoms with Gasteiger partial charge in [0.25, 0.3) is 0 Å². The predicted octanol–water partition coefficient (Wildman–Crippen LogP) is 2.30. The third-order valence-electron chi connectivity index (χ3n) is 5.19. The van der Waals surface area contributed by atoms with Gasteiger partial charge in [0.2, 0.25) is 5.95 Å². The molecular weight excluding hydrogens is 439 g/mol. The lowest BCUT2D eigenvalue weighted by Gasteiger charge is -2.32. The Balaban J connectivity index is 1.72. The van der Waals surface area contributed by atoms with E-state index in [-0.39, 0.29) is 19.2 Å². The van der Waals surface area contributed by atoms with E-state index in [2.05, 4.69) is 37.8 Å². The number of anilines is 3. The maximum absolute atomic E-state index is 12.5. The van der Waals surface area contributed by atoms with E-state index in [1.165, 1.54) is 0 Å². The molecule has 0 spiro atoms. The molecule has 1 atom stereocenters. The first-order chi connectivity index (χ1) is 15.8. The molecule has 10 nitrogen and oxygen atoms in total. The highest BCUT2D eigenvalue weighted by Crippen LogP contribution is 2.29. The highest BCUT2D eigenvalue weighted by atomic mass is 19.4. The van der Waals surface area contributed by atoms with Crippen LogP contribution in [0.1, 0.15) is 19.5 Å². The number of aryl methyl sites for hydroxylation is 1. The van der Waals surface area contributed by atoms with Gasteiger partial charge in [0.1, 0.15) is 17.6 Å². The largest absolute Gasteiger partial charge is 0.411 e. The Morgan fingerprint density at radius 2 is 2.12 bits per heavy atom. The first-order valence-electron chi connectivity index (χ1n) is 10.8. The van der Waals surface area contributed by atoms with Crippen molar-refractivity contribution in [3.8, 4) is 0 Å². The fourth-order valence-electron chi connectivity index (χ4n) is 3.71. The summed E-state index contributed by atoms with van der Waals surface area (Å²) in [7, 11) is 0. The molecule has 0 saturated carbocycles. The Morgan fingerprint density at radius 1 is 1.27 bits per heavy atom. The van der Waals surface area contributed by atoms with Crippen molar-refractivity contribution in [1.29, 1.82) is 0 Å². The summed E-state index contributed by atoms with van der Waals surface area (Å²) in [6.07, 6.45) is -0.647. The van der Waals surface area contributed by atoms with Crippen LogP contribution in [-0.2, 0) is 17.7 Å². The molecule has 0 bridgehead atoms. The number of aromatic nitrogens is 6. The molecule has 2 N–H and O–H groups in total. The van der Waals surface area contributed by atoms with Crippen molar-refractivity contribution in [2.24, 2.45) is 0 Å². The van der Waals surface area contributed by atoms with Crippen LogP contribution in [-0.4, -0.2) is 75.0 Å². The molecule has 1 aliphatic rings. The van der Waals surface area contributed by atoms with Gasteiger partial charge in [0.05, 0.1) is 36.9 Å². The second-order valence-electron chi connectivity index (χ2n) is 7.82. The second-order valence-corrected chi connectivity index (χ2v) is 7.82. The van der Waals surface area contributed by atoms with Crippen molar-refractivity contribution >= 4 is 28.5 Å². The number of piperazine rings is 1. The van der Waals surface area contributed by atoms with Crippen LogP contribution in [0.2, 0.25) is 0 Å². The maximum atomic E-state index is 12.5. The zero-order valence-corrected chi connectivity index (χ0v) is 18.4. The minimum Gasteiger partial charge on any atom is -0.370 e. The number of rotatable bonds is 8. The van der Waals surface area contributed by atoms with Crippen LogP contribution >= 0.6 is 0 Å². The zero-order chi connectivity index (χ0) is 23.4. The monoisotopic (exact) mass is 465 g/mol. The van der Waals surface area contributed by atoms with Crippen LogP contribution < -0.4 is 15.5 Å². The third kappa shape index (κ3) is 5.66. The number of hydrogen-bond donors (Lipinski definition) is 2. The summed E-state index contributed by atoms with van der Waals surface area (Å²) in [5.74, 6) is 1.07. The van der Waals surface area contributed by atoms with Crippen LogP contribution in [0.4, 0.5) is 30.6 Å². The number of nitrogens with zero attached hydrogens (tertiary/aromatic N) is 7. The van der Waals surface area contributed by atoms with Gasteiger partial charge < -0.3 is 20.3 Å². The average Bonchev–Trinajstić information content (AvgIpc) is 3.15. The lowest BCUT2D eigenvalue weighted by molar-refractivity contribution is -0.174. The molecule has 33 heavy (non-hydrogen) atoms. The third-order valence-corrected chi connectivity index (χ3v) is 5.19. The quantitative estimate of drug-likeness (QED) is 0.485. The average molecular weight is 465 g/mol. The van der Waals surface area contributed by atoms with Crippen LogP contribution in [0, 0.1) is 0 Å². The fourth-order valence-corrected chi connectivity index (χ4v) is 3.71. The standard InChI is InChI=1S/C20H26F3N9O/c1-3-15-16-17(32(30-15)8-9-33-12-20(21,22)23)18(27-14-4-5-25-26-10-14)29-19(28-16)31-7-6-24-13(2)11-31/h4-5,10,13,24H,3,6-9,11-12H2,1-2H3,(H,25,27,28,29)/t13-/m1/s1. The maximum Gasteiger partial charge on any atom is 0.411 e. The first-order valence-corrected chi connectivity index (χ1v) is 10.8. The summed E-state index contributed by atoms with van der Waals surface area (Å²) < 4.78 is 43.8. The minimum atomic E-state index is -4.37. The van der Waals surface area contributed by atoms with Crippen LogP contribution in [0.3, 0.4) is 0 Å². The van der Waals surface area contributed by atoms with E-state index in [0.717, 1.165) is 25.3 Å². The van der Waals surface area contributed by atoms with Gasteiger partial charge in [-0.1, -0.05) is 6.92 Å². The van der Waals surface area contributed by atoms with Gasteiger partial charge in [-0.05, 0) is 19.4 Å². The summed E-state index contributed by atoms with van der Waals surface area (Å²) >= 11 is 0. The summed E-state index contributed by atoms with van der Waals surface area (Å²) in [6, 6.07) is 2.04. The van der Waals surface area contributed by atoms with Gasteiger partial charge in [-0.2, -0.15) is 33.5 Å². The summed E-state index contributed by atoms with van der Waals surface area (Å²) in [4.78, 5) is 11.7. The van der Waals surface area contributed by atoms with Gasteiger partial charge >= 0.3 is 6.18 Å². The molecular formula is C20H26F3N9O. The highest BCUT2D eigenvalue weighted by Gasteiger charge is 2.28. The Morgan fingerprint density at radius 3 is 2.82 bits per heavy atom. The molecule has 0 aliphatic carbocycles. The Kier molecular flexibility index (Phi) is 6.88. The van der Waals surface area contributed by atoms with E-state index < -0.39 is 12.8 Å². The smallest absolute Gasteiger partial charge is 0.370 e. The molecule has 4 heterocycles. The van der Waals surface area contributed by atoms with Crippen molar-refractivity contribution in [2.45, 2.75) is 39.0 Å². The lowest BCUT2D eigenvalue weighted by atomic mass is 10.2. The van der Waals surface area contributed by atoms with Crippen molar-refractivity contribution in [3.05, 3.63) is 24.2 Å². The molecule has 4 rings (SSSR count). The molecule has 1 aliphatic heterocycles. The van der Waals surface area contributed by atoms with E-state index in [1.54, 1.807) is 23.1 Å². The minimum absolute atomic E-state index is 0.128. The summed E-state index contributed by atoms with van der Waals surface area (Å²) in [5.41, 5.74) is 2.67. The van der Waals surface area contributed by atoms with E-state index in [1.807, 2.05) is 6.92 Å². The lowest BCUT2D eigenvalue weighted by Crippen LogP contribution is -2.49. The molecule has 3 aromatic rings. The Labute approximate surface area is 188 Å². The topological polar surface area (TPSA) is 106 Å². The van der Waals surface area contributed by atoms with Crippen molar-refractivity contribution in [1.82, 2.24) is 35.3 Å². The van der Waals surface area contributed by atoms with E-state index in [4.69, 9.17) is 14.7 Å². The van der Waals surface area contributed by atoms with Gasteiger partial charge in [-0.3, -0.25) is 4.68 Å². The Hall–Kier alpha value is -3.06. The molecule has 1 saturated heterocycles. The summed E-state index contributed by atoms with van der Waals surface area (Å²) in [5, 5.41) is 18.9. The van der Waals surface area contributed by atoms with Crippen LogP contribution in [0.5, 0.6) is 0 Å². The SMILES string of the molecule is CCc1nn(CCOCC(F)(F)F)c2c(Nc3ccnnc3)nc(N3CCN[C@H](C)C3)nc12. The number of alkyl halides is 3. The van der Waals surface area contributed by atoms with Gasteiger partial charge in [-0.25, -0.2) is 4.98 Å². The van der Waals surface area contributed by atoms with Gasteiger partial charge in [0.15, 0.2) is 5.82 Å². The number of hydrogen-bond acceptors (Lipinski definition) is 9. The highest BCUT2D eigenvalue weighted by molar-refractivity contribution is 5.90. The van der Waals surface area contributed by atoms with E-state index in [9.17, 15) is 13.2 Å². The number of nitrogens with one attached hydrogen (secondary N) is 2. The van der Waals surface area contributed by atoms with E-state index >= 15 is 0 Å². The van der Waals surface area contributed by atoms with E-state index in [0.29, 0.717) is 34.9 Å². The molecule has 0 amide bonds. The molecule has 0 unspecified atom stereocenters. The molecule has 0 aromatic carbocycles. The molecule has 1 fully saturated rings. The number of halogens is 3. The Bertz CT molecular complexity index is 1070. The van der Waals surface area contributed by atoms with Crippen molar-refractivity contribution < 1.29 is 17.9 Å². The van der Waals surface area contributed by atoms with Gasteiger partial charge in [0, 0.05) is 25.7 Å². The van der Waals surface area contributed by atoms with Crippen LogP contribution in [0.25, 0.3) is 11.0 Å². The summed E-state index contributed by atoms with van der Waals surface area (Å²) in [6.45, 7) is 5.06. The zero-order valence-electron chi connectivity index (χ0n) is 18.4. The van der Waals surface area contributed by atoms with Crippen molar-refractivity contribution in [3.63, 3.8) is 0 Å². The molecule has 178 valence electrons. The normalized spacial score (nSPS) is 17.0. The molecule has 0 radical (unpaired) electrons. The van der Waals surface area contributed by atoms with Crippen molar-refractivity contribution in [2.75, 3.05) is 43.1 Å². The van der Waals surface area contributed by atoms with Crippen LogP contribution in [0.15, 0.2) is 18.5 Å². The molecule has 3 aromatic heterocycles. The van der Waals surface area contributed by atoms with Gasteiger partial charge in [-0.15, -0.1) is 0 Å². The first kappa shape index (κ1) is 23.1. The second kappa shape index (κ2) is 9.83.